The first-order valence-corrected chi connectivity index (χ1v) is 9.93. The predicted molar refractivity (Wildman–Crippen MR) is 104 cm³/mol. The molecule has 2 nitrogen and oxygen atoms in total. The lowest BCUT2D eigenvalue weighted by atomic mass is 10.0. The second-order valence-electron chi connectivity index (χ2n) is 6.12. The molecule has 2 aromatic carbocycles. The third-order valence-corrected chi connectivity index (χ3v) is 4.69. The highest BCUT2D eigenvalue weighted by atomic mass is 31.1. The lowest BCUT2D eigenvalue weighted by Gasteiger charge is -2.08. The molecule has 0 fully saturated rings. The van der Waals surface area contributed by atoms with Crippen molar-refractivity contribution in [1.82, 2.24) is 0 Å². The van der Waals surface area contributed by atoms with Crippen LogP contribution in [-0.2, 0) is 6.42 Å². The molecule has 0 heterocycles. The second-order valence-corrected chi connectivity index (χ2v) is 6.69. The summed E-state index contributed by atoms with van der Waals surface area (Å²) in [7, 11) is -0.0158. The van der Waals surface area contributed by atoms with Gasteiger partial charge in [0.25, 0.3) is 9.03 Å². The van der Waals surface area contributed by atoms with E-state index in [-0.39, 0.29) is 9.03 Å². The van der Waals surface area contributed by atoms with Gasteiger partial charge in [-0.25, -0.2) is 0 Å². The fourth-order valence-electron chi connectivity index (χ4n) is 2.62. The van der Waals surface area contributed by atoms with Crippen LogP contribution in [0, 0.1) is 0 Å². The van der Waals surface area contributed by atoms with Gasteiger partial charge in [0.05, 0.1) is 0 Å². The van der Waals surface area contributed by atoms with Gasteiger partial charge in [-0.1, -0.05) is 75.8 Å². The molecule has 1 atom stereocenters. The van der Waals surface area contributed by atoms with Crippen LogP contribution in [0.3, 0.4) is 0 Å². The lowest BCUT2D eigenvalue weighted by molar-refractivity contribution is 0.515. The first kappa shape index (κ1) is 18.8. The molecule has 0 bridgehead atoms. The van der Waals surface area contributed by atoms with E-state index in [9.17, 15) is 0 Å². The third kappa shape index (κ3) is 7.84. The molecular weight excluding hydrogens is 315 g/mol. The summed E-state index contributed by atoms with van der Waals surface area (Å²) >= 11 is 0. The minimum Gasteiger partial charge on any atom is -0.441 e. The molecular formula is C21H29O2P. The topological polar surface area (TPSA) is 18.5 Å². The number of unbranched alkanes of at least 4 members (excludes halogenated alkanes) is 6. The number of hydrogen-bond acceptors (Lipinski definition) is 2. The van der Waals surface area contributed by atoms with Crippen LogP contribution in [0.1, 0.15) is 57.4 Å². The van der Waals surface area contributed by atoms with Crippen molar-refractivity contribution in [2.75, 3.05) is 0 Å². The molecule has 1 unspecified atom stereocenters. The monoisotopic (exact) mass is 344 g/mol. The van der Waals surface area contributed by atoms with E-state index in [4.69, 9.17) is 9.05 Å². The van der Waals surface area contributed by atoms with Crippen molar-refractivity contribution >= 4 is 9.03 Å². The zero-order valence-electron chi connectivity index (χ0n) is 14.7. The SMILES string of the molecule is CCCCCCCCCc1ccc(OPOc2ccccc2)cc1. The fourth-order valence-corrected chi connectivity index (χ4v) is 3.12. The van der Waals surface area contributed by atoms with E-state index in [2.05, 4.69) is 19.1 Å². The van der Waals surface area contributed by atoms with E-state index in [0.29, 0.717) is 0 Å². The van der Waals surface area contributed by atoms with Crippen LogP contribution in [0.25, 0.3) is 0 Å². The summed E-state index contributed by atoms with van der Waals surface area (Å²) in [5, 5.41) is 0. The van der Waals surface area contributed by atoms with Crippen LogP contribution < -0.4 is 9.05 Å². The van der Waals surface area contributed by atoms with Gasteiger partial charge in [0.1, 0.15) is 11.5 Å². The van der Waals surface area contributed by atoms with Crippen LogP contribution in [0.2, 0.25) is 0 Å². The normalized spacial score (nSPS) is 11.0. The van der Waals surface area contributed by atoms with Gasteiger partial charge in [-0.15, -0.1) is 0 Å². The summed E-state index contributed by atoms with van der Waals surface area (Å²) < 4.78 is 11.2. The first-order valence-electron chi connectivity index (χ1n) is 9.11. The molecule has 2 aromatic rings. The zero-order valence-corrected chi connectivity index (χ0v) is 15.7. The van der Waals surface area contributed by atoms with Gasteiger partial charge in [-0.3, -0.25) is 0 Å². The molecule has 0 aromatic heterocycles. The number of hydrogen-bond donors (Lipinski definition) is 0. The lowest BCUT2D eigenvalue weighted by Crippen LogP contribution is -1.88. The summed E-state index contributed by atoms with van der Waals surface area (Å²) in [6, 6.07) is 18.2. The number of aryl methyl sites for hydroxylation is 1. The predicted octanol–water partition coefficient (Wildman–Crippen LogP) is 6.95. The average Bonchev–Trinajstić information content (AvgIpc) is 2.63. The van der Waals surface area contributed by atoms with Gasteiger partial charge in [0.15, 0.2) is 0 Å². The Hall–Kier alpha value is -1.53. The van der Waals surface area contributed by atoms with Crippen molar-refractivity contribution in [2.45, 2.75) is 58.3 Å². The molecule has 0 N–H and O–H groups in total. The van der Waals surface area contributed by atoms with Crippen molar-refractivity contribution < 1.29 is 9.05 Å². The average molecular weight is 344 g/mol. The summed E-state index contributed by atoms with van der Waals surface area (Å²) in [4.78, 5) is 0. The highest BCUT2D eigenvalue weighted by Gasteiger charge is 1.98. The summed E-state index contributed by atoms with van der Waals surface area (Å²) in [6.45, 7) is 2.27. The van der Waals surface area contributed by atoms with Gasteiger partial charge in [0.2, 0.25) is 0 Å². The van der Waals surface area contributed by atoms with Gasteiger partial charge in [0, 0.05) is 0 Å². The van der Waals surface area contributed by atoms with Gasteiger partial charge in [-0.05, 0) is 42.7 Å². The molecule has 0 spiro atoms. The molecule has 24 heavy (non-hydrogen) atoms. The van der Waals surface area contributed by atoms with Crippen molar-refractivity contribution in [2.24, 2.45) is 0 Å². The number of rotatable bonds is 12. The Morgan fingerprint density at radius 2 is 1.25 bits per heavy atom. The third-order valence-electron chi connectivity index (χ3n) is 4.05. The molecule has 0 saturated heterocycles. The van der Waals surface area contributed by atoms with Gasteiger partial charge in [-0.2, -0.15) is 0 Å². The van der Waals surface area contributed by atoms with E-state index in [1.807, 2.05) is 42.5 Å². The maximum absolute atomic E-state index is 5.65. The van der Waals surface area contributed by atoms with Crippen molar-refractivity contribution in [3.8, 4) is 11.5 Å². The molecule has 0 aliphatic carbocycles. The molecule has 0 aliphatic heterocycles. The van der Waals surface area contributed by atoms with Crippen molar-refractivity contribution in [3.63, 3.8) is 0 Å². The number of benzene rings is 2. The van der Waals surface area contributed by atoms with E-state index in [1.54, 1.807) is 0 Å². The quantitative estimate of drug-likeness (QED) is 0.306. The molecule has 0 aliphatic rings. The Balaban J connectivity index is 1.58. The smallest absolute Gasteiger partial charge is 0.275 e. The summed E-state index contributed by atoms with van der Waals surface area (Å²) in [5.41, 5.74) is 1.39. The van der Waals surface area contributed by atoms with E-state index < -0.39 is 0 Å². The minimum absolute atomic E-state index is 0.0158. The maximum atomic E-state index is 5.65. The Bertz CT molecular complexity index is 540. The maximum Gasteiger partial charge on any atom is 0.275 e. The van der Waals surface area contributed by atoms with Crippen LogP contribution in [-0.4, -0.2) is 0 Å². The second kappa shape index (κ2) is 11.9. The molecule has 0 amide bonds. The van der Waals surface area contributed by atoms with Crippen LogP contribution in [0.15, 0.2) is 54.6 Å². The standard InChI is InChI=1S/C21H29O2P/c1-2-3-4-5-6-7-9-12-19-15-17-21(18-16-19)23-24-22-20-13-10-8-11-14-20/h8,10-11,13-18,24H,2-7,9,12H2,1H3. The summed E-state index contributed by atoms with van der Waals surface area (Å²) in [5.74, 6) is 1.71. The zero-order chi connectivity index (χ0) is 16.9. The fraction of sp³-hybridized carbons (Fsp3) is 0.429. The Kier molecular flexibility index (Phi) is 9.34. The molecule has 3 heteroatoms. The minimum atomic E-state index is -0.0158. The molecule has 0 radical (unpaired) electrons. The van der Waals surface area contributed by atoms with Crippen LogP contribution >= 0.6 is 9.03 Å². The van der Waals surface area contributed by atoms with Crippen molar-refractivity contribution in [3.05, 3.63) is 60.2 Å². The van der Waals surface area contributed by atoms with Crippen LogP contribution in [0.5, 0.6) is 11.5 Å². The van der Waals surface area contributed by atoms with Crippen molar-refractivity contribution in [1.29, 1.82) is 0 Å². The van der Waals surface area contributed by atoms with E-state index in [0.717, 1.165) is 17.9 Å². The van der Waals surface area contributed by atoms with E-state index >= 15 is 0 Å². The number of para-hydroxylation sites is 1. The largest absolute Gasteiger partial charge is 0.441 e. The molecule has 2 rings (SSSR count). The van der Waals surface area contributed by atoms with Gasteiger partial charge < -0.3 is 9.05 Å². The summed E-state index contributed by atoms with van der Waals surface area (Å²) in [6.07, 6.45) is 10.7. The Morgan fingerprint density at radius 1 is 0.667 bits per heavy atom. The van der Waals surface area contributed by atoms with Crippen LogP contribution in [0.4, 0.5) is 0 Å². The molecule has 130 valence electrons. The highest BCUT2D eigenvalue weighted by Crippen LogP contribution is 2.25. The van der Waals surface area contributed by atoms with Gasteiger partial charge >= 0.3 is 0 Å². The highest BCUT2D eigenvalue weighted by molar-refractivity contribution is 7.27. The van der Waals surface area contributed by atoms with E-state index in [1.165, 1.54) is 50.5 Å². The Labute approximate surface area is 148 Å². The first-order chi connectivity index (χ1) is 11.9. The Morgan fingerprint density at radius 3 is 1.92 bits per heavy atom. The molecule has 0 saturated carbocycles.